The minimum Gasteiger partial charge on any atom is -0.490 e. The van der Waals surface area contributed by atoms with Gasteiger partial charge in [-0.2, -0.15) is 0 Å². The van der Waals surface area contributed by atoms with Crippen LogP contribution in [-0.4, -0.2) is 60.3 Å². The van der Waals surface area contributed by atoms with Crippen LogP contribution in [0.1, 0.15) is 53.2 Å². The monoisotopic (exact) mass is 536 g/mol. The van der Waals surface area contributed by atoms with E-state index < -0.39 is 12.3 Å². The van der Waals surface area contributed by atoms with Crippen LogP contribution in [-0.2, 0) is 0 Å². The quantitative estimate of drug-likeness (QED) is 0.292. The van der Waals surface area contributed by atoms with Gasteiger partial charge in [0.25, 0.3) is 0 Å². The standard InChI is InChI=1S/C35H37FN2O2/c36-34-29-12-4-6-14-31(29)35(30-13-5-3-11-28(30)33(34)25-16-17-25)38-20-18-37(19-21-38)22-26(39)23-40-32-15-7-9-24-8-1-2-10-27(24)32/h1-15,25-26,33-35,39H,16-23H2/t26-,33?,34?,35?/m0/s1. The van der Waals surface area contributed by atoms with E-state index in [2.05, 4.69) is 64.4 Å². The first-order chi connectivity index (χ1) is 19.7. The zero-order chi connectivity index (χ0) is 27.1. The average Bonchev–Trinajstić information content (AvgIpc) is 3.84. The third kappa shape index (κ3) is 4.91. The Kier molecular flexibility index (Phi) is 7.04. The van der Waals surface area contributed by atoms with Gasteiger partial charge in [-0.15, -0.1) is 0 Å². The number of aliphatic hydroxyl groups excluding tert-OH is 1. The summed E-state index contributed by atoms with van der Waals surface area (Å²) < 4.78 is 22.3. The summed E-state index contributed by atoms with van der Waals surface area (Å²) in [6.45, 7) is 4.30. The molecule has 206 valence electrons. The van der Waals surface area contributed by atoms with Gasteiger partial charge in [0.05, 0.1) is 6.04 Å². The Bertz CT molecular complexity index is 1470. The molecule has 1 saturated heterocycles. The molecule has 1 saturated carbocycles. The van der Waals surface area contributed by atoms with E-state index in [1.54, 1.807) is 0 Å². The van der Waals surface area contributed by atoms with E-state index in [1.807, 2.05) is 36.4 Å². The molecule has 1 aliphatic heterocycles. The first-order valence-electron chi connectivity index (χ1n) is 14.7. The van der Waals surface area contributed by atoms with Gasteiger partial charge in [-0.1, -0.05) is 84.9 Å². The number of aliphatic hydroxyl groups is 1. The highest BCUT2D eigenvalue weighted by Crippen LogP contribution is 2.55. The van der Waals surface area contributed by atoms with Crippen LogP contribution in [0.4, 0.5) is 4.39 Å². The predicted molar refractivity (Wildman–Crippen MR) is 158 cm³/mol. The molecule has 1 heterocycles. The molecule has 4 nitrogen and oxygen atoms in total. The number of hydrogen-bond donors (Lipinski definition) is 1. The molecule has 2 fully saturated rings. The van der Waals surface area contributed by atoms with Gasteiger partial charge in [0.2, 0.25) is 0 Å². The minimum atomic E-state index is -0.965. The van der Waals surface area contributed by atoms with Crippen molar-refractivity contribution in [1.29, 1.82) is 0 Å². The topological polar surface area (TPSA) is 35.9 Å². The van der Waals surface area contributed by atoms with E-state index >= 15 is 4.39 Å². The molecule has 0 amide bonds. The van der Waals surface area contributed by atoms with E-state index in [4.69, 9.17) is 4.74 Å². The fraction of sp³-hybridized carbons (Fsp3) is 0.371. The highest BCUT2D eigenvalue weighted by Gasteiger charge is 2.44. The minimum absolute atomic E-state index is 0.0520. The van der Waals surface area contributed by atoms with Crippen LogP contribution in [0.2, 0.25) is 0 Å². The molecular weight excluding hydrogens is 499 g/mol. The van der Waals surface area contributed by atoms with Crippen molar-refractivity contribution in [2.24, 2.45) is 5.92 Å². The summed E-state index contributed by atoms with van der Waals surface area (Å²) in [5, 5.41) is 13.0. The van der Waals surface area contributed by atoms with Crippen molar-refractivity contribution < 1.29 is 14.2 Å². The molecule has 5 heteroatoms. The smallest absolute Gasteiger partial charge is 0.133 e. The molecule has 0 bridgehead atoms. The zero-order valence-electron chi connectivity index (χ0n) is 22.8. The molecule has 0 aromatic heterocycles. The molecule has 1 N–H and O–H groups in total. The Morgan fingerprint density at radius 1 is 0.750 bits per heavy atom. The third-order valence-corrected chi connectivity index (χ3v) is 9.10. The molecule has 2 aliphatic carbocycles. The van der Waals surface area contributed by atoms with Crippen LogP contribution in [0.5, 0.6) is 5.75 Å². The lowest BCUT2D eigenvalue weighted by atomic mass is 9.85. The molecule has 3 unspecified atom stereocenters. The SMILES string of the molecule is O[C@H](COc1cccc2ccccc12)CN1CCN(C2c3ccccc3C(F)C(C3CC3)c3ccccc32)CC1. The van der Waals surface area contributed by atoms with Crippen LogP contribution in [0.3, 0.4) is 0 Å². The number of ether oxygens (including phenoxy) is 1. The fourth-order valence-electron chi connectivity index (χ4n) is 7.00. The van der Waals surface area contributed by atoms with Crippen molar-refractivity contribution in [3.63, 3.8) is 0 Å². The highest BCUT2D eigenvalue weighted by atomic mass is 19.1. The van der Waals surface area contributed by atoms with Gasteiger partial charge in [-0.05, 0) is 52.5 Å². The van der Waals surface area contributed by atoms with Gasteiger partial charge in [-0.25, -0.2) is 4.39 Å². The number of fused-ring (bicyclic) bond motifs is 3. The number of piperazine rings is 1. The lowest BCUT2D eigenvalue weighted by Gasteiger charge is -2.40. The molecular formula is C35H37FN2O2. The molecule has 0 radical (unpaired) electrons. The van der Waals surface area contributed by atoms with Gasteiger partial charge < -0.3 is 9.84 Å². The predicted octanol–water partition coefficient (Wildman–Crippen LogP) is 6.50. The summed E-state index contributed by atoms with van der Waals surface area (Å²) in [6.07, 6.45) is 0.707. The fourth-order valence-corrected chi connectivity index (χ4v) is 7.00. The van der Waals surface area contributed by atoms with Gasteiger partial charge >= 0.3 is 0 Å². The Morgan fingerprint density at radius 3 is 2.12 bits per heavy atom. The van der Waals surface area contributed by atoms with E-state index in [-0.39, 0.29) is 18.6 Å². The van der Waals surface area contributed by atoms with Crippen LogP contribution < -0.4 is 4.74 Å². The van der Waals surface area contributed by atoms with Gasteiger partial charge in [0, 0.05) is 44.0 Å². The summed E-state index contributed by atoms with van der Waals surface area (Å²) in [5.41, 5.74) is 4.44. The Hall–Kier alpha value is -3.25. The van der Waals surface area contributed by atoms with Crippen LogP contribution in [0.25, 0.3) is 10.8 Å². The van der Waals surface area contributed by atoms with Crippen molar-refractivity contribution in [3.8, 4) is 5.75 Å². The number of benzene rings is 4. The van der Waals surface area contributed by atoms with Crippen molar-refractivity contribution in [1.82, 2.24) is 9.80 Å². The third-order valence-electron chi connectivity index (χ3n) is 9.10. The number of nitrogens with zero attached hydrogens (tertiary/aromatic N) is 2. The zero-order valence-corrected chi connectivity index (χ0v) is 22.8. The van der Waals surface area contributed by atoms with Crippen molar-refractivity contribution in [2.45, 2.75) is 37.1 Å². The maximum atomic E-state index is 16.2. The Labute approximate surface area is 236 Å². The molecule has 4 aromatic carbocycles. The lowest BCUT2D eigenvalue weighted by molar-refractivity contribution is 0.0403. The first kappa shape index (κ1) is 25.7. The van der Waals surface area contributed by atoms with Gasteiger partial charge in [0.15, 0.2) is 0 Å². The highest BCUT2D eigenvalue weighted by molar-refractivity contribution is 5.88. The van der Waals surface area contributed by atoms with Crippen LogP contribution in [0.15, 0.2) is 91.0 Å². The summed E-state index contributed by atoms with van der Waals surface area (Å²) in [5.74, 6) is 1.20. The van der Waals surface area contributed by atoms with Gasteiger partial charge in [0.1, 0.15) is 24.6 Å². The second-order valence-corrected chi connectivity index (χ2v) is 11.7. The van der Waals surface area contributed by atoms with E-state index in [9.17, 15) is 5.11 Å². The maximum absolute atomic E-state index is 16.2. The average molecular weight is 537 g/mol. The summed E-state index contributed by atoms with van der Waals surface area (Å²) in [7, 11) is 0. The molecule has 7 rings (SSSR count). The second kappa shape index (κ2) is 11.0. The van der Waals surface area contributed by atoms with E-state index in [1.165, 1.54) is 11.1 Å². The second-order valence-electron chi connectivity index (χ2n) is 11.7. The van der Waals surface area contributed by atoms with Gasteiger partial charge in [-0.3, -0.25) is 9.80 Å². The molecule has 4 atom stereocenters. The number of hydrogen-bond acceptors (Lipinski definition) is 4. The van der Waals surface area contributed by atoms with E-state index in [0.717, 1.165) is 66.7 Å². The number of halogens is 1. The molecule has 40 heavy (non-hydrogen) atoms. The number of rotatable bonds is 7. The van der Waals surface area contributed by atoms with Crippen molar-refractivity contribution in [3.05, 3.63) is 113 Å². The molecule has 3 aliphatic rings. The molecule has 0 spiro atoms. The molecule has 4 aromatic rings. The Morgan fingerprint density at radius 2 is 1.38 bits per heavy atom. The first-order valence-corrected chi connectivity index (χ1v) is 14.7. The summed E-state index contributed by atoms with van der Waals surface area (Å²) in [4.78, 5) is 4.85. The lowest BCUT2D eigenvalue weighted by Crippen LogP contribution is -2.50. The van der Waals surface area contributed by atoms with Crippen molar-refractivity contribution in [2.75, 3.05) is 39.3 Å². The summed E-state index contributed by atoms with van der Waals surface area (Å²) >= 11 is 0. The summed E-state index contributed by atoms with van der Waals surface area (Å²) in [6, 6.07) is 31.0. The van der Waals surface area contributed by atoms with Crippen LogP contribution in [0, 0.1) is 5.92 Å². The van der Waals surface area contributed by atoms with E-state index in [0.29, 0.717) is 12.5 Å². The maximum Gasteiger partial charge on any atom is 0.133 e. The number of β-amino-alcohol motifs (C(OH)–C–C–N with tert-alkyl or cyclic N) is 1. The Balaban J connectivity index is 1.05. The van der Waals surface area contributed by atoms with Crippen LogP contribution >= 0.6 is 0 Å². The normalized spacial score (nSPS) is 24.2. The largest absolute Gasteiger partial charge is 0.490 e. The van der Waals surface area contributed by atoms with Crippen molar-refractivity contribution >= 4 is 10.8 Å². The number of alkyl halides is 1.